The maximum Gasteiger partial charge on any atom is 0.124 e. The van der Waals surface area contributed by atoms with Gasteiger partial charge >= 0.3 is 0 Å². The van der Waals surface area contributed by atoms with Crippen molar-refractivity contribution < 1.29 is 4.79 Å². The van der Waals surface area contributed by atoms with Gasteiger partial charge in [0.1, 0.15) is 6.29 Å². The van der Waals surface area contributed by atoms with Crippen LogP contribution < -0.4 is 5.73 Å². The van der Waals surface area contributed by atoms with E-state index in [1.807, 2.05) is 6.92 Å². The van der Waals surface area contributed by atoms with Crippen molar-refractivity contribution in [3.8, 4) is 0 Å². The molecule has 0 aromatic rings. The van der Waals surface area contributed by atoms with Crippen LogP contribution in [0.25, 0.3) is 0 Å². The van der Waals surface area contributed by atoms with Crippen molar-refractivity contribution in [2.45, 2.75) is 26.3 Å². The first kappa shape index (κ1) is 10.7. The number of carbonyl (C=O) groups excluding carboxylic acids is 1. The fourth-order valence-electron chi connectivity index (χ4n) is 2.11. The zero-order valence-corrected chi connectivity index (χ0v) is 8.57. The van der Waals surface area contributed by atoms with Gasteiger partial charge in [-0.15, -0.1) is 0 Å². The molecule has 0 saturated carbocycles. The van der Waals surface area contributed by atoms with Crippen molar-refractivity contribution in [3.63, 3.8) is 0 Å². The number of aldehydes is 1. The molecular weight excluding hydrogens is 164 g/mol. The van der Waals surface area contributed by atoms with Crippen LogP contribution in [0.1, 0.15) is 20.3 Å². The summed E-state index contributed by atoms with van der Waals surface area (Å²) in [4.78, 5) is 12.8. The summed E-state index contributed by atoms with van der Waals surface area (Å²) in [7, 11) is 0. The third kappa shape index (κ3) is 3.44. The van der Waals surface area contributed by atoms with Gasteiger partial charge < -0.3 is 15.4 Å². The van der Waals surface area contributed by atoms with Gasteiger partial charge in [0.25, 0.3) is 0 Å². The third-order valence-corrected chi connectivity index (χ3v) is 2.55. The fourth-order valence-corrected chi connectivity index (χ4v) is 2.11. The summed E-state index contributed by atoms with van der Waals surface area (Å²) in [5, 5.41) is 0. The molecule has 0 aliphatic carbocycles. The van der Waals surface area contributed by atoms with Crippen LogP contribution in [-0.4, -0.2) is 36.9 Å². The summed E-state index contributed by atoms with van der Waals surface area (Å²) in [5.41, 5.74) is 5.90. The van der Waals surface area contributed by atoms with E-state index in [-0.39, 0.29) is 5.92 Å². The van der Waals surface area contributed by atoms with Crippen molar-refractivity contribution >= 4 is 6.29 Å². The van der Waals surface area contributed by atoms with E-state index in [4.69, 9.17) is 5.73 Å². The summed E-state index contributed by atoms with van der Waals surface area (Å²) < 4.78 is 0. The van der Waals surface area contributed by atoms with Gasteiger partial charge in [0.2, 0.25) is 0 Å². The van der Waals surface area contributed by atoms with Gasteiger partial charge in [-0.25, -0.2) is 0 Å². The highest BCUT2D eigenvalue weighted by Crippen LogP contribution is 2.15. The lowest BCUT2D eigenvalue weighted by Crippen LogP contribution is -2.47. The van der Waals surface area contributed by atoms with Crippen LogP contribution in [0.2, 0.25) is 0 Å². The number of nitrogens with zero attached hydrogens (tertiary/aromatic N) is 1. The number of nitrogens with two attached hydrogens (primary N) is 1. The monoisotopic (exact) mass is 184 g/mol. The van der Waals surface area contributed by atoms with Crippen LogP contribution in [0, 0.1) is 11.8 Å². The van der Waals surface area contributed by atoms with Gasteiger partial charge in [-0.2, -0.15) is 0 Å². The Bertz CT molecular complexity index is 162. The maximum absolute atomic E-state index is 10.5. The summed E-state index contributed by atoms with van der Waals surface area (Å²) in [6.45, 7) is 7.07. The zero-order chi connectivity index (χ0) is 9.84. The molecule has 1 aliphatic rings. The number of carbonyl (C=O) groups is 1. The minimum absolute atomic E-state index is 0.137. The molecule has 0 aromatic heterocycles. The molecule has 13 heavy (non-hydrogen) atoms. The van der Waals surface area contributed by atoms with E-state index in [1.165, 1.54) is 0 Å². The van der Waals surface area contributed by atoms with E-state index in [2.05, 4.69) is 11.8 Å². The van der Waals surface area contributed by atoms with Crippen molar-refractivity contribution in [2.75, 3.05) is 19.6 Å². The molecule has 76 valence electrons. The molecule has 3 atom stereocenters. The van der Waals surface area contributed by atoms with Crippen molar-refractivity contribution in [2.24, 2.45) is 17.6 Å². The first-order chi connectivity index (χ1) is 6.11. The number of piperidine rings is 1. The Hall–Kier alpha value is -0.410. The second kappa shape index (κ2) is 4.72. The molecule has 1 saturated heterocycles. The molecule has 0 bridgehead atoms. The Kier molecular flexibility index (Phi) is 3.88. The van der Waals surface area contributed by atoms with E-state index >= 15 is 0 Å². The van der Waals surface area contributed by atoms with Crippen molar-refractivity contribution in [3.05, 3.63) is 0 Å². The predicted molar refractivity (Wildman–Crippen MR) is 53.4 cm³/mol. The van der Waals surface area contributed by atoms with E-state index < -0.39 is 0 Å². The molecule has 1 fully saturated rings. The van der Waals surface area contributed by atoms with Crippen LogP contribution in [0.5, 0.6) is 0 Å². The van der Waals surface area contributed by atoms with Crippen molar-refractivity contribution in [1.82, 2.24) is 4.90 Å². The van der Waals surface area contributed by atoms with Gasteiger partial charge in [-0.3, -0.25) is 0 Å². The molecule has 3 nitrogen and oxygen atoms in total. The highest BCUT2D eigenvalue weighted by Gasteiger charge is 2.22. The number of likely N-dealkylation sites (tertiary alicyclic amines) is 1. The van der Waals surface area contributed by atoms with Crippen LogP contribution in [0.3, 0.4) is 0 Å². The molecule has 0 aromatic carbocycles. The molecule has 1 heterocycles. The van der Waals surface area contributed by atoms with Gasteiger partial charge in [-0.1, -0.05) is 13.8 Å². The smallest absolute Gasteiger partial charge is 0.124 e. The molecule has 0 radical (unpaired) electrons. The molecule has 0 amide bonds. The Morgan fingerprint density at radius 1 is 1.62 bits per heavy atom. The van der Waals surface area contributed by atoms with Gasteiger partial charge in [0.05, 0.1) is 0 Å². The van der Waals surface area contributed by atoms with Gasteiger partial charge in [-0.05, 0) is 12.3 Å². The maximum atomic E-state index is 10.5. The summed E-state index contributed by atoms with van der Waals surface area (Å²) >= 11 is 0. The predicted octanol–water partition coefficient (Wildman–Crippen LogP) is 0.490. The minimum Gasteiger partial charge on any atom is -0.327 e. The SMILES string of the molecule is CC(C=O)CN1CC(C)CC(N)C1. The summed E-state index contributed by atoms with van der Waals surface area (Å²) in [6, 6.07) is 0.294. The minimum atomic E-state index is 0.137. The lowest BCUT2D eigenvalue weighted by molar-refractivity contribution is -0.111. The Labute approximate surface area is 80.3 Å². The average molecular weight is 184 g/mol. The third-order valence-electron chi connectivity index (χ3n) is 2.55. The standard InChI is InChI=1S/C10H20N2O/c1-8-3-10(11)6-12(4-8)5-9(2)7-13/h7-10H,3-6,11H2,1-2H3. The number of rotatable bonds is 3. The van der Waals surface area contributed by atoms with Gasteiger partial charge in [0, 0.05) is 31.6 Å². The highest BCUT2D eigenvalue weighted by molar-refractivity contribution is 5.53. The molecule has 1 rings (SSSR count). The molecule has 3 unspecified atom stereocenters. The first-order valence-corrected chi connectivity index (χ1v) is 5.05. The average Bonchev–Trinajstić information content (AvgIpc) is 2.02. The highest BCUT2D eigenvalue weighted by atomic mass is 16.1. The fraction of sp³-hybridized carbons (Fsp3) is 0.900. The van der Waals surface area contributed by atoms with E-state index in [1.54, 1.807) is 0 Å². The number of hydrogen-bond donors (Lipinski definition) is 1. The lowest BCUT2D eigenvalue weighted by Gasteiger charge is -2.35. The normalized spacial score (nSPS) is 32.8. The van der Waals surface area contributed by atoms with E-state index in [0.717, 1.165) is 32.3 Å². The number of hydrogen-bond acceptors (Lipinski definition) is 3. The lowest BCUT2D eigenvalue weighted by atomic mass is 9.96. The largest absolute Gasteiger partial charge is 0.327 e. The second-order valence-corrected chi connectivity index (χ2v) is 4.43. The second-order valence-electron chi connectivity index (χ2n) is 4.43. The van der Waals surface area contributed by atoms with E-state index in [9.17, 15) is 4.79 Å². The van der Waals surface area contributed by atoms with Crippen LogP contribution in [-0.2, 0) is 4.79 Å². The molecular formula is C10H20N2O. The Balaban J connectivity index is 2.36. The quantitative estimate of drug-likeness (QED) is 0.649. The van der Waals surface area contributed by atoms with Crippen LogP contribution in [0.15, 0.2) is 0 Å². The first-order valence-electron chi connectivity index (χ1n) is 5.05. The summed E-state index contributed by atoms with van der Waals surface area (Å²) in [6.07, 6.45) is 2.14. The van der Waals surface area contributed by atoms with E-state index in [0.29, 0.717) is 12.0 Å². The van der Waals surface area contributed by atoms with Crippen LogP contribution in [0.4, 0.5) is 0 Å². The Morgan fingerprint density at radius 3 is 2.85 bits per heavy atom. The summed E-state index contributed by atoms with van der Waals surface area (Å²) in [5.74, 6) is 0.806. The molecule has 2 N–H and O–H groups in total. The topological polar surface area (TPSA) is 46.3 Å². The molecule has 1 aliphatic heterocycles. The van der Waals surface area contributed by atoms with Gasteiger partial charge in [0.15, 0.2) is 0 Å². The molecule has 3 heteroatoms. The van der Waals surface area contributed by atoms with Crippen LogP contribution >= 0.6 is 0 Å². The molecule has 0 spiro atoms. The van der Waals surface area contributed by atoms with Crippen molar-refractivity contribution in [1.29, 1.82) is 0 Å². The Morgan fingerprint density at radius 2 is 2.31 bits per heavy atom. The zero-order valence-electron chi connectivity index (χ0n) is 8.57.